The Morgan fingerprint density at radius 1 is 1.32 bits per heavy atom. The molecule has 0 bridgehead atoms. The van der Waals surface area contributed by atoms with Gasteiger partial charge in [0.05, 0.1) is 12.1 Å². The Bertz CT molecular complexity index is 546. The molecule has 0 fully saturated rings. The van der Waals surface area contributed by atoms with Gasteiger partial charge in [-0.1, -0.05) is 49.0 Å². The molecule has 1 rings (SSSR count). The van der Waals surface area contributed by atoms with Crippen LogP contribution < -0.4 is 5.43 Å². The third kappa shape index (κ3) is 7.58. The molecule has 0 amide bonds. The number of esters is 2. The quantitative estimate of drug-likeness (QED) is 0.355. The van der Waals surface area contributed by atoms with Crippen molar-refractivity contribution in [3.63, 3.8) is 0 Å². The van der Waals surface area contributed by atoms with E-state index in [-0.39, 0.29) is 11.7 Å². The second kappa shape index (κ2) is 9.73. The molecule has 1 N–H and O–H groups in total. The van der Waals surface area contributed by atoms with Crippen LogP contribution in [0.2, 0.25) is 0 Å². The number of nitrogens with zero attached hydrogens (tertiary/aromatic N) is 1. The Balaban J connectivity index is 2.26. The summed E-state index contributed by atoms with van der Waals surface area (Å²) in [5.74, 6) is -1.59. The van der Waals surface area contributed by atoms with Gasteiger partial charge >= 0.3 is 11.9 Å². The molecule has 1 aromatic carbocycles. The Morgan fingerprint density at radius 3 is 2.64 bits per heavy atom. The Kier molecular flexibility index (Phi) is 7.91. The minimum atomic E-state index is -0.713. The SMILES string of the molecule is CC(=O)SC[C@@H](C)C(=O)OC(=O)CNN=Cc1ccccc1. The van der Waals surface area contributed by atoms with E-state index in [0.717, 1.165) is 17.3 Å². The van der Waals surface area contributed by atoms with E-state index in [0.29, 0.717) is 5.75 Å². The van der Waals surface area contributed by atoms with Gasteiger partial charge < -0.3 is 4.74 Å². The first-order chi connectivity index (χ1) is 10.5. The van der Waals surface area contributed by atoms with E-state index in [1.807, 2.05) is 30.3 Å². The maximum Gasteiger partial charge on any atom is 0.334 e. The van der Waals surface area contributed by atoms with Gasteiger partial charge in [0, 0.05) is 12.7 Å². The fraction of sp³-hybridized carbons (Fsp3) is 0.333. The van der Waals surface area contributed by atoms with Crippen LogP contribution in [-0.2, 0) is 19.1 Å². The van der Waals surface area contributed by atoms with E-state index >= 15 is 0 Å². The maximum absolute atomic E-state index is 11.6. The molecule has 7 heteroatoms. The highest BCUT2D eigenvalue weighted by Gasteiger charge is 2.18. The molecule has 118 valence electrons. The molecule has 1 atom stereocenters. The summed E-state index contributed by atoms with van der Waals surface area (Å²) in [5.41, 5.74) is 3.40. The average molecular weight is 322 g/mol. The summed E-state index contributed by atoms with van der Waals surface area (Å²) < 4.78 is 4.66. The van der Waals surface area contributed by atoms with E-state index < -0.39 is 17.9 Å². The summed E-state index contributed by atoms with van der Waals surface area (Å²) >= 11 is 1.02. The second-order valence-electron chi connectivity index (χ2n) is 4.50. The standard InChI is InChI=1S/C15H18N2O4S/c1-11(10-22-12(2)18)15(20)21-14(19)9-17-16-8-13-6-4-3-5-7-13/h3-8,11,17H,9-10H2,1-2H3/t11-/m1/s1. The number of benzene rings is 1. The van der Waals surface area contributed by atoms with Crippen molar-refractivity contribution in [2.45, 2.75) is 13.8 Å². The smallest absolute Gasteiger partial charge is 0.334 e. The summed E-state index contributed by atoms with van der Waals surface area (Å²) in [7, 11) is 0. The first-order valence-electron chi connectivity index (χ1n) is 6.68. The molecular formula is C15H18N2O4S. The van der Waals surface area contributed by atoms with Gasteiger partial charge in [-0.05, 0) is 5.56 Å². The van der Waals surface area contributed by atoms with Gasteiger partial charge in [0.2, 0.25) is 0 Å². The number of rotatable bonds is 7. The fourth-order valence-electron chi connectivity index (χ4n) is 1.33. The molecule has 0 saturated heterocycles. The van der Waals surface area contributed by atoms with E-state index in [9.17, 15) is 14.4 Å². The van der Waals surface area contributed by atoms with Gasteiger partial charge in [-0.2, -0.15) is 5.10 Å². The molecule has 6 nitrogen and oxygen atoms in total. The molecule has 0 radical (unpaired) electrons. The van der Waals surface area contributed by atoms with Crippen molar-refractivity contribution in [1.82, 2.24) is 5.43 Å². The summed E-state index contributed by atoms with van der Waals surface area (Å²) in [6.07, 6.45) is 1.56. The fourth-order valence-corrected chi connectivity index (χ4v) is 1.95. The molecule has 0 aliphatic rings. The van der Waals surface area contributed by atoms with Crippen LogP contribution >= 0.6 is 11.8 Å². The van der Waals surface area contributed by atoms with Gasteiger partial charge in [-0.3, -0.25) is 15.0 Å². The van der Waals surface area contributed by atoms with Crippen LogP contribution in [0.25, 0.3) is 0 Å². The zero-order valence-corrected chi connectivity index (χ0v) is 13.3. The highest BCUT2D eigenvalue weighted by atomic mass is 32.2. The van der Waals surface area contributed by atoms with Crippen LogP contribution in [0, 0.1) is 5.92 Å². The number of ether oxygens (including phenoxy) is 1. The summed E-state index contributed by atoms with van der Waals surface area (Å²) in [6, 6.07) is 9.35. The number of thioether (sulfide) groups is 1. The van der Waals surface area contributed by atoms with Gasteiger partial charge in [0.25, 0.3) is 0 Å². The lowest BCUT2D eigenvalue weighted by atomic mass is 10.2. The molecule has 0 unspecified atom stereocenters. The van der Waals surface area contributed by atoms with E-state index in [2.05, 4.69) is 15.3 Å². The van der Waals surface area contributed by atoms with Crippen molar-refractivity contribution in [3.8, 4) is 0 Å². The highest BCUT2D eigenvalue weighted by molar-refractivity contribution is 8.13. The first-order valence-corrected chi connectivity index (χ1v) is 7.66. The van der Waals surface area contributed by atoms with Crippen molar-refractivity contribution in [2.24, 2.45) is 11.0 Å². The van der Waals surface area contributed by atoms with Crippen molar-refractivity contribution >= 4 is 35.0 Å². The van der Waals surface area contributed by atoms with Crippen LogP contribution in [0.15, 0.2) is 35.4 Å². The Labute approximate surface area is 133 Å². The molecule has 0 heterocycles. The summed E-state index contributed by atoms with van der Waals surface area (Å²) in [4.78, 5) is 33.8. The first kappa shape index (κ1) is 17.9. The van der Waals surface area contributed by atoms with Gasteiger partial charge in [0.1, 0.15) is 6.54 Å². The normalized spacial score (nSPS) is 11.9. The number of carbonyl (C=O) groups is 3. The van der Waals surface area contributed by atoms with Crippen LogP contribution in [0.3, 0.4) is 0 Å². The molecule has 22 heavy (non-hydrogen) atoms. The molecule has 0 aliphatic carbocycles. The topological polar surface area (TPSA) is 84.8 Å². The lowest BCUT2D eigenvalue weighted by Gasteiger charge is -2.08. The molecule has 0 aromatic heterocycles. The second-order valence-corrected chi connectivity index (χ2v) is 5.70. The van der Waals surface area contributed by atoms with Gasteiger partial charge in [-0.15, -0.1) is 0 Å². The third-order valence-corrected chi connectivity index (χ3v) is 3.55. The van der Waals surface area contributed by atoms with Crippen molar-refractivity contribution in [3.05, 3.63) is 35.9 Å². The minimum Gasteiger partial charge on any atom is -0.392 e. The average Bonchev–Trinajstić information content (AvgIpc) is 2.50. The maximum atomic E-state index is 11.6. The van der Waals surface area contributed by atoms with Crippen LogP contribution in [-0.4, -0.2) is 35.6 Å². The van der Waals surface area contributed by atoms with E-state index in [1.165, 1.54) is 6.92 Å². The van der Waals surface area contributed by atoms with E-state index in [1.54, 1.807) is 13.1 Å². The summed E-state index contributed by atoms with van der Waals surface area (Å²) in [6.45, 7) is 2.82. The van der Waals surface area contributed by atoms with Crippen LogP contribution in [0.4, 0.5) is 0 Å². The van der Waals surface area contributed by atoms with E-state index in [4.69, 9.17) is 0 Å². The highest BCUT2D eigenvalue weighted by Crippen LogP contribution is 2.10. The van der Waals surface area contributed by atoms with Crippen molar-refractivity contribution in [1.29, 1.82) is 0 Å². The Hall–Kier alpha value is -2.15. The Morgan fingerprint density at radius 2 is 2.00 bits per heavy atom. The monoisotopic (exact) mass is 322 g/mol. The van der Waals surface area contributed by atoms with Gasteiger partial charge in [-0.25, -0.2) is 4.79 Å². The number of hydrogen-bond donors (Lipinski definition) is 1. The number of hydrazone groups is 1. The predicted octanol–water partition coefficient (Wildman–Crippen LogP) is 1.60. The third-order valence-electron chi connectivity index (χ3n) is 2.48. The molecular weight excluding hydrogens is 304 g/mol. The minimum absolute atomic E-state index is 0.0807. The van der Waals surface area contributed by atoms with Crippen molar-refractivity contribution < 1.29 is 19.1 Å². The zero-order chi connectivity index (χ0) is 16.4. The summed E-state index contributed by atoms with van der Waals surface area (Å²) in [5, 5.41) is 3.78. The lowest BCUT2D eigenvalue weighted by molar-refractivity contribution is -0.161. The van der Waals surface area contributed by atoms with Crippen LogP contribution in [0.1, 0.15) is 19.4 Å². The van der Waals surface area contributed by atoms with Crippen LogP contribution in [0.5, 0.6) is 0 Å². The van der Waals surface area contributed by atoms with Gasteiger partial charge in [0.15, 0.2) is 5.12 Å². The molecule has 0 spiro atoms. The molecule has 1 aromatic rings. The number of nitrogens with one attached hydrogen (secondary N) is 1. The molecule has 0 saturated carbocycles. The largest absolute Gasteiger partial charge is 0.392 e. The zero-order valence-electron chi connectivity index (χ0n) is 12.4. The predicted molar refractivity (Wildman–Crippen MR) is 85.4 cm³/mol. The van der Waals surface area contributed by atoms with Crippen molar-refractivity contribution in [2.75, 3.05) is 12.3 Å². The lowest BCUT2D eigenvalue weighted by Crippen LogP contribution is -2.27. The molecule has 0 aliphatic heterocycles. The number of carbonyl (C=O) groups excluding carboxylic acids is 3. The number of hydrogen-bond acceptors (Lipinski definition) is 7.